The molecule has 3 nitrogen and oxygen atoms in total. The molecule has 0 atom stereocenters. The van der Waals surface area contributed by atoms with Gasteiger partial charge in [0.1, 0.15) is 0 Å². The Morgan fingerprint density at radius 1 is 1.12 bits per heavy atom. The molecule has 0 radical (unpaired) electrons. The molecule has 2 heterocycles. The van der Waals surface area contributed by atoms with Crippen molar-refractivity contribution in [3.8, 4) is 11.5 Å². The average molecular weight is 237 g/mol. The summed E-state index contributed by atoms with van der Waals surface area (Å²) in [5.74, 6) is 4.27. The van der Waals surface area contributed by atoms with Gasteiger partial charge in [-0.15, -0.1) is 0 Å². The highest BCUT2D eigenvalue weighted by Gasteiger charge is 2.15. The molecule has 0 unspecified atom stereocenters. The highest BCUT2D eigenvalue weighted by atomic mass is 32.2. The largest absolute Gasteiger partial charge is 0.454 e. The van der Waals surface area contributed by atoms with Crippen molar-refractivity contribution in [3.63, 3.8) is 0 Å². The van der Waals surface area contributed by atoms with E-state index in [1.807, 2.05) is 17.8 Å². The Bertz CT molecular complexity index is 377. The van der Waals surface area contributed by atoms with Crippen LogP contribution in [-0.4, -0.2) is 36.3 Å². The van der Waals surface area contributed by atoms with Gasteiger partial charge in [0.2, 0.25) is 6.79 Å². The molecular formula is C12H15NO2S. The summed E-state index contributed by atoms with van der Waals surface area (Å²) >= 11 is 2.04. The Morgan fingerprint density at radius 2 is 1.94 bits per heavy atom. The number of hydrogen-bond donors (Lipinski definition) is 0. The van der Waals surface area contributed by atoms with Crippen molar-refractivity contribution in [3.05, 3.63) is 23.8 Å². The number of benzene rings is 1. The van der Waals surface area contributed by atoms with Crippen LogP contribution in [0.2, 0.25) is 0 Å². The number of nitrogens with zero attached hydrogens (tertiary/aromatic N) is 1. The smallest absolute Gasteiger partial charge is 0.231 e. The van der Waals surface area contributed by atoms with Gasteiger partial charge in [-0.2, -0.15) is 11.8 Å². The van der Waals surface area contributed by atoms with Gasteiger partial charge in [0.15, 0.2) is 11.5 Å². The van der Waals surface area contributed by atoms with Crippen LogP contribution in [0.15, 0.2) is 18.2 Å². The van der Waals surface area contributed by atoms with Gasteiger partial charge in [-0.05, 0) is 17.7 Å². The van der Waals surface area contributed by atoms with Crippen LogP contribution in [0.1, 0.15) is 5.56 Å². The minimum absolute atomic E-state index is 0.360. The molecule has 0 N–H and O–H groups in total. The molecule has 3 rings (SSSR count). The monoisotopic (exact) mass is 237 g/mol. The molecule has 86 valence electrons. The fourth-order valence-electron chi connectivity index (χ4n) is 2.06. The number of thioether (sulfide) groups is 1. The molecule has 0 spiro atoms. The summed E-state index contributed by atoms with van der Waals surface area (Å²) in [5, 5.41) is 0. The van der Waals surface area contributed by atoms with E-state index in [4.69, 9.17) is 9.47 Å². The van der Waals surface area contributed by atoms with E-state index in [2.05, 4.69) is 17.0 Å². The first-order valence-electron chi connectivity index (χ1n) is 5.60. The van der Waals surface area contributed by atoms with Crippen molar-refractivity contribution >= 4 is 11.8 Å². The minimum Gasteiger partial charge on any atom is -0.454 e. The van der Waals surface area contributed by atoms with Crippen LogP contribution in [-0.2, 0) is 6.54 Å². The fraction of sp³-hybridized carbons (Fsp3) is 0.500. The fourth-order valence-corrected chi connectivity index (χ4v) is 3.04. The van der Waals surface area contributed by atoms with Crippen LogP contribution in [0.3, 0.4) is 0 Å². The maximum absolute atomic E-state index is 5.38. The maximum atomic E-state index is 5.38. The normalized spacial score (nSPS) is 20.0. The van der Waals surface area contributed by atoms with Crippen LogP contribution in [0.4, 0.5) is 0 Å². The molecule has 1 aromatic rings. The first-order valence-corrected chi connectivity index (χ1v) is 6.76. The summed E-state index contributed by atoms with van der Waals surface area (Å²) in [5.41, 5.74) is 1.32. The van der Waals surface area contributed by atoms with Gasteiger partial charge in [0.25, 0.3) is 0 Å². The van der Waals surface area contributed by atoms with Crippen molar-refractivity contribution < 1.29 is 9.47 Å². The first-order chi connectivity index (χ1) is 7.92. The number of fused-ring (bicyclic) bond motifs is 1. The molecule has 0 amide bonds. The zero-order valence-corrected chi connectivity index (χ0v) is 9.96. The van der Waals surface area contributed by atoms with Crippen molar-refractivity contribution in [2.75, 3.05) is 31.4 Å². The second-order valence-electron chi connectivity index (χ2n) is 4.08. The third-order valence-corrected chi connectivity index (χ3v) is 3.89. The summed E-state index contributed by atoms with van der Waals surface area (Å²) in [6.45, 7) is 3.77. The number of hydrogen-bond acceptors (Lipinski definition) is 4. The predicted molar refractivity (Wildman–Crippen MR) is 65.2 cm³/mol. The Morgan fingerprint density at radius 3 is 2.81 bits per heavy atom. The van der Waals surface area contributed by atoms with Crippen LogP contribution in [0.5, 0.6) is 11.5 Å². The summed E-state index contributed by atoms with van der Waals surface area (Å²) in [6.07, 6.45) is 0. The molecule has 0 saturated carbocycles. The Hall–Kier alpha value is -0.870. The molecular weight excluding hydrogens is 222 g/mol. The number of rotatable bonds is 2. The van der Waals surface area contributed by atoms with Gasteiger partial charge >= 0.3 is 0 Å². The lowest BCUT2D eigenvalue weighted by atomic mass is 10.2. The summed E-state index contributed by atoms with van der Waals surface area (Å²) in [6, 6.07) is 6.25. The van der Waals surface area contributed by atoms with E-state index in [1.54, 1.807) is 0 Å². The lowest BCUT2D eigenvalue weighted by Crippen LogP contribution is -2.31. The van der Waals surface area contributed by atoms with Gasteiger partial charge in [-0.25, -0.2) is 0 Å². The van der Waals surface area contributed by atoms with E-state index >= 15 is 0 Å². The first kappa shape index (κ1) is 10.3. The quantitative estimate of drug-likeness (QED) is 0.784. The lowest BCUT2D eigenvalue weighted by molar-refractivity contribution is 0.174. The molecule has 2 aliphatic heterocycles. The maximum Gasteiger partial charge on any atom is 0.231 e. The van der Waals surface area contributed by atoms with Crippen molar-refractivity contribution in [1.29, 1.82) is 0 Å². The van der Waals surface area contributed by atoms with Crippen LogP contribution in [0.25, 0.3) is 0 Å². The molecule has 0 aliphatic carbocycles. The Labute approximate surface area is 99.7 Å². The molecule has 1 saturated heterocycles. The summed E-state index contributed by atoms with van der Waals surface area (Å²) in [4.78, 5) is 2.49. The van der Waals surface area contributed by atoms with E-state index < -0.39 is 0 Å². The molecule has 16 heavy (non-hydrogen) atoms. The second kappa shape index (κ2) is 4.55. The van der Waals surface area contributed by atoms with Crippen molar-refractivity contribution in [2.45, 2.75) is 6.54 Å². The van der Waals surface area contributed by atoms with E-state index in [-0.39, 0.29) is 0 Å². The zero-order chi connectivity index (χ0) is 10.8. The van der Waals surface area contributed by atoms with E-state index in [1.165, 1.54) is 30.2 Å². The van der Waals surface area contributed by atoms with E-state index in [9.17, 15) is 0 Å². The van der Waals surface area contributed by atoms with E-state index in [0.717, 1.165) is 18.0 Å². The highest BCUT2D eigenvalue weighted by Crippen LogP contribution is 2.32. The third-order valence-electron chi connectivity index (χ3n) is 2.95. The second-order valence-corrected chi connectivity index (χ2v) is 5.30. The minimum atomic E-state index is 0.360. The van der Waals surface area contributed by atoms with E-state index in [0.29, 0.717) is 6.79 Å². The van der Waals surface area contributed by atoms with Crippen LogP contribution < -0.4 is 9.47 Å². The molecule has 1 fully saturated rings. The van der Waals surface area contributed by atoms with Crippen molar-refractivity contribution in [1.82, 2.24) is 4.90 Å². The SMILES string of the molecule is c1cc2c(cc1CN1CCSCC1)OCO2. The Kier molecular flexibility index (Phi) is 2.93. The molecule has 4 heteroatoms. The molecule has 2 aliphatic rings. The number of ether oxygens (including phenoxy) is 2. The van der Waals surface area contributed by atoms with Gasteiger partial charge in [0, 0.05) is 31.1 Å². The lowest BCUT2D eigenvalue weighted by Gasteiger charge is -2.26. The predicted octanol–water partition coefficient (Wildman–Crippen LogP) is 1.96. The summed E-state index contributed by atoms with van der Waals surface area (Å²) in [7, 11) is 0. The van der Waals surface area contributed by atoms with Crippen LogP contribution in [0, 0.1) is 0 Å². The molecule has 0 aromatic heterocycles. The van der Waals surface area contributed by atoms with Gasteiger partial charge in [-0.1, -0.05) is 6.07 Å². The van der Waals surface area contributed by atoms with Gasteiger partial charge in [0.05, 0.1) is 0 Å². The summed E-state index contributed by atoms with van der Waals surface area (Å²) < 4.78 is 10.7. The standard InChI is InChI=1S/C12H15NO2S/c1-2-11-12(15-9-14-11)7-10(1)8-13-3-5-16-6-4-13/h1-2,7H,3-6,8-9H2. The Balaban J connectivity index is 1.69. The average Bonchev–Trinajstić information content (AvgIpc) is 2.77. The zero-order valence-electron chi connectivity index (χ0n) is 9.15. The van der Waals surface area contributed by atoms with Crippen LogP contribution >= 0.6 is 11.8 Å². The third kappa shape index (κ3) is 2.13. The van der Waals surface area contributed by atoms with Crippen molar-refractivity contribution in [2.24, 2.45) is 0 Å². The topological polar surface area (TPSA) is 21.7 Å². The highest BCUT2D eigenvalue weighted by molar-refractivity contribution is 7.99. The van der Waals surface area contributed by atoms with Gasteiger partial charge < -0.3 is 9.47 Å². The van der Waals surface area contributed by atoms with Gasteiger partial charge in [-0.3, -0.25) is 4.90 Å². The molecule has 0 bridgehead atoms. The molecule has 1 aromatic carbocycles.